The number of rotatable bonds is 7. The van der Waals surface area contributed by atoms with E-state index < -0.39 is 0 Å². The van der Waals surface area contributed by atoms with Crippen molar-refractivity contribution in [1.29, 1.82) is 0 Å². The number of hydrogen-bond acceptors (Lipinski definition) is 3. The Hall–Kier alpha value is -0.820. The number of aliphatic hydroxyl groups excluding tert-OH is 1. The van der Waals surface area contributed by atoms with E-state index >= 15 is 0 Å². The summed E-state index contributed by atoms with van der Waals surface area (Å²) in [4.78, 5) is 3.86. The molecule has 0 saturated carbocycles. The van der Waals surface area contributed by atoms with Crippen LogP contribution in [0.25, 0.3) is 0 Å². The minimum Gasteiger partial charge on any atom is -0.395 e. The van der Waals surface area contributed by atoms with Gasteiger partial charge < -0.3 is 5.11 Å². The van der Waals surface area contributed by atoms with E-state index in [1.54, 1.807) is 11.3 Å². The second-order valence-electron chi connectivity index (χ2n) is 4.92. The van der Waals surface area contributed by atoms with E-state index in [0.717, 1.165) is 31.1 Å². The van der Waals surface area contributed by atoms with Crippen LogP contribution in [-0.4, -0.2) is 29.7 Å². The van der Waals surface area contributed by atoms with Gasteiger partial charge in [-0.05, 0) is 18.5 Å². The Balaban J connectivity index is 2.54. The summed E-state index contributed by atoms with van der Waals surface area (Å²) in [6.07, 6.45) is 1.79. The molecule has 0 radical (unpaired) electrons. The zero-order chi connectivity index (χ0) is 14.1. The van der Waals surface area contributed by atoms with Gasteiger partial charge in [0, 0.05) is 35.3 Å². The van der Waals surface area contributed by atoms with Crippen LogP contribution in [0.5, 0.6) is 0 Å². The first-order valence-corrected chi connectivity index (χ1v) is 7.97. The highest BCUT2D eigenvalue weighted by molar-refractivity contribution is 7.10. The topological polar surface area (TPSA) is 23.5 Å². The summed E-state index contributed by atoms with van der Waals surface area (Å²) in [7, 11) is 0. The Kier molecular flexibility index (Phi) is 7.81. The average molecular weight is 279 g/mol. The van der Waals surface area contributed by atoms with Gasteiger partial charge in [-0.3, -0.25) is 4.90 Å². The maximum Gasteiger partial charge on any atom is 0.0540 e. The number of thiophene rings is 1. The van der Waals surface area contributed by atoms with Gasteiger partial charge in [-0.2, -0.15) is 0 Å². The van der Waals surface area contributed by atoms with Gasteiger partial charge in [-0.25, -0.2) is 0 Å². The van der Waals surface area contributed by atoms with Crippen LogP contribution >= 0.6 is 11.3 Å². The van der Waals surface area contributed by atoms with Crippen molar-refractivity contribution < 1.29 is 5.11 Å². The largest absolute Gasteiger partial charge is 0.395 e. The molecule has 1 aromatic heterocycles. The molecule has 0 saturated heterocycles. The summed E-state index contributed by atoms with van der Waals surface area (Å²) in [5.41, 5.74) is 1.08. The molecule has 0 bridgehead atoms. The molecule has 0 spiro atoms. The number of hydrogen-bond donors (Lipinski definition) is 1. The zero-order valence-corrected chi connectivity index (χ0v) is 13.1. The quantitative estimate of drug-likeness (QED) is 0.774. The van der Waals surface area contributed by atoms with Crippen molar-refractivity contribution in [3.05, 3.63) is 21.9 Å². The molecule has 1 N–H and O–H groups in total. The van der Waals surface area contributed by atoms with Crippen LogP contribution in [0.15, 0.2) is 11.4 Å². The fourth-order valence-electron chi connectivity index (χ4n) is 1.85. The molecule has 1 unspecified atom stereocenters. The lowest BCUT2D eigenvalue weighted by molar-refractivity contribution is 0.240. The molecular weight excluding hydrogens is 254 g/mol. The van der Waals surface area contributed by atoms with Crippen molar-refractivity contribution >= 4 is 11.3 Å². The van der Waals surface area contributed by atoms with Gasteiger partial charge in [0.25, 0.3) is 0 Å². The standard InChI is InChI=1S/C16H25NOS/c1-4-14(3)11-17(5-2)12-16-10-15(13-19-16)8-6-7-9-18/h10,13-14,18H,4-5,7,9,11-12H2,1-3H3. The summed E-state index contributed by atoms with van der Waals surface area (Å²) < 4.78 is 0. The fraction of sp³-hybridized carbons (Fsp3) is 0.625. The van der Waals surface area contributed by atoms with E-state index in [4.69, 9.17) is 5.11 Å². The van der Waals surface area contributed by atoms with E-state index in [1.807, 2.05) is 0 Å². The van der Waals surface area contributed by atoms with Crippen LogP contribution in [0, 0.1) is 17.8 Å². The van der Waals surface area contributed by atoms with Crippen molar-refractivity contribution in [2.24, 2.45) is 5.92 Å². The SMILES string of the molecule is CCC(C)CN(CC)Cc1cc(C#CCCO)cs1. The van der Waals surface area contributed by atoms with Gasteiger partial charge in [-0.1, -0.05) is 39.0 Å². The molecule has 0 aliphatic carbocycles. The van der Waals surface area contributed by atoms with Crippen LogP contribution in [-0.2, 0) is 6.54 Å². The minimum absolute atomic E-state index is 0.141. The first-order valence-electron chi connectivity index (χ1n) is 7.09. The Morgan fingerprint density at radius 2 is 2.21 bits per heavy atom. The molecule has 106 valence electrons. The van der Waals surface area contributed by atoms with Crippen LogP contribution < -0.4 is 0 Å². The zero-order valence-electron chi connectivity index (χ0n) is 12.3. The summed E-state index contributed by atoms with van der Waals surface area (Å²) in [6.45, 7) is 10.2. The van der Waals surface area contributed by atoms with Gasteiger partial charge in [0.1, 0.15) is 0 Å². The molecule has 0 aliphatic heterocycles. The maximum absolute atomic E-state index is 8.70. The maximum atomic E-state index is 8.70. The molecule has 0 fully saturated rings. The summed E-state index contributed by atoms with van der Waals surface area (Å²) in [5.74, 6) is 6.81. The molecule has 19 heavy (non-hydrogen) atoms. The van der Waals surface area contributed by atoms with E-state index in [-0.39, 0.29) is 6.61 Å². The lowest BCUT2D eigenvalue weighted by Gasteiger charge is -2.22. The van der Waals surface area contributed by atoms with Gasteiger partial charge in [0.2, 0.25) is 0 Å². The Morgan fingerprint density at radius 3 is 2.84 bits per heavy atom. The van der Waals surface area contributed by atoms with Crippen LogP contribution in [0.1, 0.15) is 44.1 Å². The highest BCUT2D eigenvalue weighted by Crippen LogP contribution is 2.17. The van der Waals surface area contributed by atoms with Crippen LogP contribution in [0.2, 0.25) is 0 Å². The third kappa shape index (κ3) is 6.24. The normalized spacial score (nSPS) is 12.3. The molecule has 3 heteroatoms. The fourth-order valence-corrected chi connectivity index (χ4v) is 2.70. The summed E-state index contributed by atoms with van der Waals surface area (Å²) >= 11 is 1.78. The Bertz CT molecular complexity index is 416. The van der Waals surface area contributed by atoms with Gasteiger partial charge in [0.15, 0.2) is 0 Å². The molecule has 0 aliphatic rings. The third-order valence-electron chi connectivity index (χ3n) is 3.22. The van der Waals surface area contributed by atoms with Crippen molar-refractivity contribution in [2.75, 3.05) is 19.7 Å². The van der Waals surface area contributed by atoms with Crippen LogP contribution in [0.4, 0.5) is 0 Å². The van der Waals surface area contributed by atoms with Crippen molar-refractivity contribution in [1.82, 2.24) is 4.90 Å². The predicted molar refractivity (Wildman–Crippen MR) is 83.3 cm³/mol. The molecule has 1 heterocycles. The summed E-state index contributed by atoms with van der Waals surface area (Å²) in [5, 5.41) is 10.8. The molecule has 2 nitrogen and oxygen atoms in total. The van der Waals surface area contributed by atoms with Gasteiger partial charge >= 0.3 is 0 Å². The molecule has 1 aromatic rings. The molecule has 0 amide bonds. The summed E-state index contributed by atoms with van der Waals surface area (Å²) in [6, 6.07) is 2.17. The highest BCUT2D eigenvalue weighted by atomic mass is 32.1. The Labute approximate surface area is 121 Å². The first-order chi connectivity index (χ1) is 9.19. The molecular formula is C16H25NOS. The second-order valence-corrected chi connectivity index (χ2v) is 5.91. The molecule has 0 aromatic carbocycles. The Morgan fingerprint density at radius 1 is 1.42 bits per heavy atom. The predicted octanol–water partition coefficient (Wildman–Crippen LogP) is 3.35. The molecule has 1 atom stereocenters. The van der Waals surface area contributed by atoms with Gasteiger partial charge in [-0.15, -0.1) is 11.3 Å². The number of aliphatic hydroxyl groups is 1. The third-order valence-corrected chi connectivity index (χ3v) is 4.14. The molecule has 1 rings (SSSR count). The lowest BCUT2D eigenvalue weighted by Crippen LogP contribution is -2.27. The van der Waals surface area contributed by atoms with Gasteiger partial charge in [0.05, 0.1) is 6.61 Å². The van der Waals surface area contributed by atoms with E-state index in [0.29, 0.717) is 6.42 Å². The first kappa shape index (κ1) is 16.2. The monoisotopic (exact) mass is 279 g/mol. The van der Waals surface area contributed by atoms with Crippen molar-refractivity contribution in [3.63, 3.8) is 0 Å². The smallest absolute Gasteiger partial charge is 0.0540 e. The number of nitrogens with zero attached hydrogens (tertiary/aromatic N) is 1. The van der Waals surface area contributed by atoms with Crippen molar-refractivity contribution in [3.8, 4) is 11.8 Å². The lowest BCUT2D eigenvalue weighted by atomic mass is 10.1. The van der Waals surface area contributed by atoms with E-state index in [1.165, 1.54) is 11.3 Å². The van der Waals surface area contributed by atoms with E-state index in [2.05, 4.69) is 49.0 Å². The van der Waals surface area contributed by atoms with E-state index in [9.17, 15) is 0 Å². The average Bonchev–Trinajstić information content (AvgIpc) is 2.85. The van der Waals surface area contributed by atoms with Crippen molar-refractivity contribution in [2.45, 2.75) is 40.2 Å². The second kappa shape index (κ2) is 9.14. The highest BCUT2D eigenvalue weighted by Gasteiger charge is 2.09. The minimum atomic E-state index is 0.141. The van der Waals surface area contributed by atoms with Crippen LogP contribution in [0.3, 0.4) is 0 Å².